The largest absolute Gasteiger partial charge is 0.497 e. The first-order valence-corrected chi connectivity index (χ1v) is 4.27. The maximum atomic E-state index is 5.11. The molecule has 0 aliphatic carbocycles. The fourth-order valence-electron chi connectivity index (χ4n) is 1.23. The highest BCUT2D eigenvalue weighted by atomic mass is 16.5. The monoisotopic (exact) mass is 190 g/mol. The minimum Gasteiger partial charge on any atom is -0.497 e. The van der Waals surface area contributed by atoms with Gasteiger partial charge in [0.05, 0.1) is 13.5 Å². The molecule has 14 heavy (non-hydrogen) atoms. The van der Waals surface area contributed by atoms with Crippen molar-refractivity contribution in [2.45, 2.75) is 6.42 Å². The predicted octanol–water partition coefficient (Wildman–Crippen LogP) is 1.67. The normalized spacial score (nSPS) is 10.1. The summed E-state index contributed by atoms with van der Waals surface area (Å²) in [6.45, 7) is 0. The van der Waals surface area contributed by atoms with Gasteiger partial charge in [-0.3, -0.25) is 0 Å². The zero-order valence-corrected chi connectivity index (χ0v) is 7.80. The summed E-state index contributed by atoms with van der Waals surface area (Å²) in [4.78, 5) is 3.95. The fourth-order valence-corrected chi connectivity index (χ4v) is 1.23. The van der Waals surface area contributed by atoms with Crippen LogP contribution < -0.4 is 4.74 Å². The average molecular weight is 190 g/mol. The van der Waals surface area contributed by atoms with Gasteiger partial charge in [0.25, 0.3) is 0 Å². The number of aromatic nitrogens is 2. The van der Waals surface area contributed by atoms with E-state index in [4.69, 9.17) is 9.26 Å². The van der Waals surface area contributed by atoms with Crippen molar-refractivity contribution in [2.75, 3.05) is 7.11 Å². The van der Waals surface area contributed by atoms with Gasteiger partial charge in [-0.1, -0.05) is 17.3 Å². The number of hydrogen-bond acceptors (Lipinski definition) is 4. The Bertz CT molecular complexity index is 398. The van der Waals surface area contributed by atoms with E-state index in [1.54, 1.807) is 7.11 Å². The topological polar surface area (TPSA) is 48.2 Å². The van der Waals surface area contributed by atoms with Gasteiger partial charge >= 0.3 is 0 Å². The van der Waals surface area contributed by atoms with Crippen LogP contribution in [0.5, 0.6) is 5.75 Å². The van der Waals surface area contributed by atoms with E-state index in [2.05, 4.69) is 10.1 Å². The maximum absolute atomic E-state index is 5.11. The van der Waals surface area contributed by atoms with Crippen molar-refractivity contribution in [1.82, 2.24) is 10.1 Å². The Morgan fingerprint density at radius 1 is 1.43 bits per heavy atom. The van der Waals surface area contributed by atoms with Crippen molar-refractivity contribution >= 4 is 0 Å². The minimum absolute atomic E-state index is 0.609. The lowest BCUT2D eigenvalue weighted by molar-refractivity contribution is 0.383. The highest BCUT2D eigenvalue weighted by molar-refractivity contribution is 5.29. The second-order valence-corrected chi connectivity index (χ2v) is 2.86. The summed E-state index contributed by atoms with van der Waals surface area (Å²) in [6.07, 6.45) is 2.03. The van der Waals surface area contributed by atoms with E-state index in [-0.39, 0.29) is 0 Å². The smallest absolute Gasteiger partial charge is 0.230 e. The van der Waals surface area contributed by atoms with E-state index >= 15 is 0 Å². The number of rotatable bonds is 3. The van der Waals surface area contributed by atoms with Gasteiger partial charge in [-0.2, -0.15) is 4.98 Å². The van der Waals surface area contributed by atoms with Gasteiger partial charge in [0.15, 0.2) is 6.33 Å². The first-order valence-electron chi connectivity index (χ1n) is 4.27. The van der Waals surface area contributed by atoms with Gasteiger partial charge < -0.3 is 9.26 Å². The van der Waals surface area contributed by atoms with Crippen LogP contribution in [0, 0.1) is 0 Å². The maximum Gasteiger partial charge on any atom is 0.230 e. The molecule has 0 fully saturated rings. The lowest BCUT2D eigenvalue weighted by Gasteiger charge is -2.01. The van der Waals surface area contributed by atoms with E-state index < -0.39 is 0 Å². The van der Waals surface area contributed by atoms with Crippen molar-refractivity contribution in [3.05, 3.63) is 42.0 Å². The van der Waals surface area contributed by atoms with Crippen LogP contribution in [-0.2, 0) is 6.42 Å². The summed E-state index contributed by atoms with van der Waals surface area (Å²) < 4.78 is 10.0. The van der Waals surface area contributed by atoms with Gasteiger partial charge in [-0.25, -0.2) is 0 Å². The molecule has 0 bridgehead atoms. The van der Waals surface area contributed by atoms with Crippen LogP contribution in [0.15, 0.2) is 35.1 Å². The number of nitrogens with zero attached hydrogens (tertiary/aromatic N) is 2. The molecule has 1 aromatic carbocycles. The highest BCUT2D eigenvalue weighted by Gasteiger charge is 2.01. The quantitative estimate of drug-likeness (QED) is 0.738. The van der Waals surface area contributed by atoms with Crippen molar-refractivity contribution < 1.29 is 9.26 Å². The number of benzene rings is 1. The second-order valence-electron chi connectivity index (χ2n) is 2.86. The van der Waals surface area contributed by atoms with E-state index in [1.165, 1.54) is 6.33 Å². The van der Waals surface area contributed by atoms with Crippen molar-refractivity contribution in [2.24, 2.45) is 0 Å². The Kier molecular flexibility index (Phi) is 2.44. The SMILES string of the molecule is COc1cccc(Cc2ncno2)c1. The molecule has 0 N–H and O–H groups in total. The Morgan fingerprint density at radius 3 is 3.07 bits per heavy atom. The number of methoxy groups -OCH3 is 1. The third-order valence-electron chi connectivity index (χ3n) is 1.90. The lowest BCUT2D eigenvalue weighted by Crippen LogP contribution is -1.89. The van der Waals surface area contributed by atoms with Gasteiger partial charge in [0.2, 0.25) is 5.89 Å². The van der Waals surface area contributed by atoms with Gasteiger partial charge in [-0.05, 0) is 17.7 Å². The third-order valence-corrected chi connectivity index (χ3v) is 1.90. The molecule has 0 aliphatic rings. The third kappa shape index (κ3) is 1.90. The minimum atomic E-state index is 0.609. The number of hydrogen-bond donors (Lipinski definition) is 0. The zero-order chi connectivity index (χ0) is 9.80. The molecule has 4 nitrogen and oxygen atoms in total. The van der Waals surface area contributed by atoms with E-state index in [9.17, 15) is 0 Å². The Labute approximate surface area is 81.5 Å². The summed E-state index contributed by atoms with van der Waals surface area (Å²) >= 11 is 0. The molecule has 0 saturated heterocycles. The van der Waals surface area contributed by atoms with Crippen molar-refractivity contribution in [3.63, 3.8) is 0 Å². The molecule has 72 valence electrons. The van der Waals surface area contributed by atoms with E-state index in [0.29, 0.717) is 12.3 Å². The van der Waals surface area contributed by atoms with E-state index in [1.807, 2.05) is 24.3 Å². The zero-order valence-electron chi connectivity index (χ0n) is 7.80. The fraction of sp³-hybridized carbons (Fsp3) is 0.200. The van der Waals surface area contributed by atoms with Crippen LogP contribution in [0.1, 0.15) is 11.5 Å². The Hall–Kier alpha value is -1.84. The highest BCUT2D eigenvalue weighted by Crippen LogP contribution is 2.14. The molecule has 2 rings (SSSR count). The van der Waals surface area contributed by atoms with Gasteiger partial charge in [-0.15, -0.1) is 0 Å². The molecule has 0 atom stereocenters. The Balaban J connectivity index is 2.17. The van der Waals surface area contributed by atoms with Crippen LogP contribution in [-0.4, -0.2) is 17.3 Å². The molecule has 1 heterocycles. The molecule has 1 aromatic heterocycles. The molecular formula is C10H10N2O2. The molecule has 4 heteroatoms. The van der Waals surface area contributed by atoms with Crippen LogP contribution >= 0.6 is 0 Å². The van der Waals surface area contributed by atoms with Crippen molar-refractivity contribution in [3.8, 4) is 5.75 Å². The standard InChI is InChI=1S/C10H10N2O2/c1-13-9-4-2-3-8(5-9)6-10-11-7-12-14-10/h2-5,7H,6H2,1H3. The molecule has 2 aromatic rings. The van der Waals surface area contributed by atoms with Gasteiger partial charge in [0.1, 0.15) is 5.75 Å². The van der Waals surface area contributed by atoms with Gasteiger partial charge in [0, 0.05) is 0 Å². The first kappa shape index (κ1) is 8.74. The molecule has 0 radical (unpaired) electrons. The molecule has 0 unspecified atom stereocenters. The lowest BCUT2D eigenvalue weighted by atomic mass is 10.1. The summed E-state index contributed by atoms with van der Waals surface area (Å²) in [5, 5.41) is 3.54. The molecule has 0 aliphatic heterocycles. The molecule has 0 saturated carbocycles. The van der Waals surface area contributed by atoms with Crippen LogP contribution in [0.3, 0.4) is 0 Å². The number of ether oxygens (including phenoxy) is 1. The average Bonchev–Trinajstić information content (AvgIpc) is 2.71. The summed E-state index contributed by atoms with van der Waals surface area (Å²) in [5.41, 5.74) is 1.09. The predicted molar refractivity (Wildman–Crippen MR) is 50.1 cm³/mol. The molecule has 0 amide bonds. The van der Waals surface area contributed by atoms with Crippen LogP contribution in [0.25, 0.3) is 0 Å². The van der Waals surface area contributed by atoms with Crippen LogP contribution in [0.4, 0.5) is 0 Å². The second kappa shape index (κ2) is 3.91. The summed E-state index contributed by atoms with van der Waals surface area (Å²) in [7, 11) is 1.64. The summed E-state index contributed by atoms with van der Waals surface area (Å²) in [5.74, 6) is 1.44. The van der Waals surface area contributed by atoms with Crippen LogP contribution in [0.2, 0.25) is 0 Å². The Morgan fingerprint density at radius 2 is 2.36 bits per heavy atom. The van der Waals surface area contributed by atoms with Crippen molar-refractivity contribution in [1.29, 1.82) is 0 Å². The van der Waals surface area contributed by atoms with E-state index in [0.717, 1.165) is 11.3 Å². The molecular weight excluding hydrogens is 180 g/mol. The summed E-state index contributed by atoms with van der Waals surface area (Å²) in [6, 6.07) is 7.78. The molecule has 0 spiro atoms. The first-order chi connectivity index (χ1) is 6.88.